The monoisotopic (exact) mass is 290 g/mol. The zero-order valence-electron chi connectivity index (χ0n) is 11.5. The maximum Gasteiger partial charge on any atom is 0.0553 e. The number of aryl methyl sites for hydroxylation is 1. The van der Waals surface area contributed by atoms with E-state index in [1.54, 1.807) is 0 Å². The van der Waals surface area contributed by atoms with Gasteiger partial charge in [-0.15, -0.1) is 0 Å². The van der Waals surface area contributed by atoms with Gasteiger partial charge in [-0.1, -0.05) is 53.6 Å². The normalized spacial score (nSPS) is 11.6. The molecule has 106 valence electrons. The number of hydrogen-bond acceptors (Lipinski definition) is 2. The highest BCUT2D eigenvalue weighted by Gasteiger charge is 2.31. The van der Waals surface area contributed by atoms with Crippen LogP contribution in [0.5, 0.6) is 0 Å². The summed E-state index contributed by atoms with van der Waals surface area (Å²) >= 11 is 6.00. The SMILES string of the molecule is Cc1ccc(C(CO)(CO)Cc2cccc(Cl)c2)cc1. The molecule has 0 aliphatic heterocycles. The number of rotatable bonds is 5. The molecule has 0 spiro atoms. The Morgan fingerprint density at radius 1 is 1.00 bits per heavy atom. The van der Waals surface area contributed by atoms with E-state index in [1.807, 2.05) is 55.5 Å². The molecule has 0 bridgehead atoms. The fraction of sp³-hybridized carbons (Fsp3) is 0.294. The maximum absolute atomic E-state index is 9.84. The van der Waals surface area contributed by atoms with E-state index in [-0.39, 0.29) is 13.2 Å². The molecule has 0 heterocycles. The third-order valence-corrected chi connectivity index (χ3v) is 3.94. The predicted molar refractivity (Wildman–Crippen MR) is 82.2 cm³/mol. The lowest BCUT2D eigenvalue weighted by atomic mass is 9.76. The van der Waals surface area contributed by atoms with Crippen LogP contribution in [0.4, 0.5) is 0 Å². The van der Waals surface area contributed by atoms with Crippen LogP contribution in [0.25, 0.3) is 0 Å². The standard InChI is InChI=1S/C17H19ClO2/c1-13-5-7-15(8-6-13)17(11-19,12-20)10-14-3-2-4-16(18)9-14/h2-9,19-20H,10-12H2,1H3. The van der Waals surface area contributed by atoms with Crippen LogP contribution in [-0.4, -0.2) is 23.4 Å². The van der Waals surface area contributed by atoms with Gasteiger partial charge in [0.1, 0.15) is 0 Å². The van der Waals surface area contributed by atoms with Crippen LogP contribution in [0.1, 0.15) is 16.7 Å². The molecule has 0 aromatic heterocycles. The summed E-state index contributed by atoms with van der Waals surface area (Å²) in [6, 6.07) is 15.4. The Kier molecular flexibility index (Phi) is 4.81. The van der Waals surface area contributed by atoms with Crippen molar-refractivity contribution in [2.24, 2.45) is 0 Å². The van der Waals surface area contributed by atoms with E-state index in [0.717, 1.165) is 16.7 Å². The molecule has 2 aromatic rings. The second-order valence-corrected chi connectivity index (χ2v) is 5.71. The average molecular weight is 291 g/mol. The first kappa shape index (κ1) is 15.0. The van der Waals surface area contributed by atoms with Crippen molar-refractivity contribution < 1.29 is 10.2 Å². The summed E-state index contributed by atoms with van der Waals surface area (Å²) in [5, 5.41) is 20.3. The topological polar surface area (TPSA) is 40.5 Å². The molecule has 0 aliphatic carbocycles. The lowest BCUT2D eigenvalue weighted by Gasteiger charge is -2.31. The molecule has 3 heteroatoms. The maximum atomic E-state index is 9.84. The predicted octanol–water partition coefficient (Wildman–Crippen LogP) is 3.11. The first-order valence-corrected chi connectivity index (χ1v) is 7.01. The van der Waals surface area contributed by atoms with Crippen LogP contribution in [0.3, 0.4) is 0 Å². The minimum Gasteiger partial charge on any atom is -0.395 e. The van der Waals surface area contributed by atoms with Crippen LogP contribution in [0, 0.1) is 6.92 Å². The van der Waals surface area contributed by atoms with Crippen molar-refractivity contribution >= 4 is 11.6 Å². The lowest BCUT2D eigenvalue weighted by molar-refractivity contribution is 0.116. The molecular weight excluding hydrogens is 272 g/mol. The average Bonchev–Trinajstić information content (AvgIpc) is 2.46. The quantitative estimate of drug-likeness (QED) is 0.888. The molecule has 2 rings (SSSR count). The summed E-state index contributed by atoms with van der Waals surface area (Å²) in [5.74, 6) is 0. The minimum atomic E-state index is -0.682. The molecule has 2 nitrogen and oxygen atoms in total. The van der Waals surface area contributed by atoms with E-state index in [2.05, 4.69) is 0 Å². The van der Waals surface area contributed by atoms with E-state index in [9.17, 15) is 10.2 Å². The van der Waals surface area contributed by atoms with E-state index in [1.165, 1.54) is 0 Å². The Labute approximate surface area is 124 Å². The summed E-state index contributed by atoms with van der Waals surface area (Å²) < 4.78 is 0. The van der Waals surface area contributed by atoms with Crippen LogP contribution in [-0.2, 0) is 11.8 Å². The number of halogens is 1. The van der Waals surface area contributed by atoms with Crippen molar-refractivity contribution in [3.63, 3.8) is 0 Å². The number of benzene rings is 2. The van der Waals surface area contributed by atoms with E-state index >= 15 is 0 Å². The molecule has 0 amide bonds. The third-order valence-electron chi connectivity index (χ3n) is 3.70. The Morgan fingerprint density at radius 2 is 1.65 bits per heavy atom. The van der Waals surface area contributed by atoms with E-state index in [0.29, 0.717) is 11.4 Å². The Morgan fingerprint density at radius 3 is 2.20 bits per heavy atom. The molecule has 0 saturated heterocycles. The van der Waals surface area contributed by atoms with Gasteiger partial charge in [0.25, 0.3) is 0 Å². The van der Waals surface area contributed by atoms with Crippen molar-refractivity contribution in [3.8, 4) is 0 Å². The van der Waals surface area contributed by atoms with Crippen LogP contribution < -0.4 is 0 Å². The molecule has 0 fully saturated rings. The van der Waals surface area contributed by atoms with Gasteiger partial charge in [-0.25, -0.2) is 0 Å². The lowest BCUT2D eigenvalue weighted by Crippen LogP contribution is -2.37. The zero-order chi connectivity index (χ0) is 14.6. The van der Waals surface area contributed by atoms with Gasteiger partial charge in [-0.2, -0.15) is 0 Å². The van der Waals surface area contributed by atoms with Crippen molar-refractivity contribution in [2.45, 2.75) is 18.8 Å². The summed E-state index contributed by atoms with van der Waals surface area (Å²) in [7, 11) is 0. The van der Waals surface area contributed by atoms with Gasteiger partial charge < -0.3 is 10.2 Å². The molecule has 2 N–H and O–H groups in total. The molecule has 0 radical (unpaired) electrons. The molecule has 0 saturated carbocycles. The first-order valence-electron chi connectivity index (χ1n) is 6.63. The highest BCUT2D eigenvalue weighted by Crippen LogP contribution is 2.29. The number of hydrogen-bond donors (Lipinski definition) is 2. The molecule has 0 aliphatic rings. The Bertz CT molecular complexity index is 559. The molecule has 0 atom stereocenters. The highest BCUT2D eigenvalue weighted by atomic mass is 35.5. The minimum absolute atomic E-state index is 0.112. The molecule has 0 unspecified atom stereocenters. The van der Waals surface area contributed by atoms with Crippen LogP contribution >= 0.6 is 11.6 Å². The first-order chi connectivity index (χ1) is 9.59. The molecular formula is C17H19ClO2. The van der Waals surface area contributed by atoms with Gasteiger partial charge in [0, 0.05) is 10.4 Å². The van der Waals surface area contributed by atoms with Gasteiger partial charge in [0.05, 0.1) is 13.2 Å². The zero-order valence-corrected chi connectivity index (χ0v) is 12.3. The van der Waals surface area contributed by atoms with Crippen molar-refractivity contribution in [1.82, 2.24) is 0 Å². The fourth-order valence-corrected chi connectivity index (χ4v) is 2.60. The van der Waals surface area contributed by atoms with Crippen molar-refractivity contribution in [1.29, 1.82) is 0 Å². The Balaban J connectivity index is 2.36. The van der Waals surface area contributed by atoms with Gasteiger partial charge in [-0.05, 0) is 36.6 Å². The largest absolute Gasteiger partial charge is 0.395 e. The van der Waals surface area contributed by atoms with Gasteiger partial charge in [-0.3, -0.25) is 0 Å². The van der Waals surface area contributed by atoms with Crippen LogP contribution in [0.15, 0.2) is 48.5 Å². The van der Waals surface area contributed by atoms with Gasteiger partial charge in [0.15, 0.2) is 0 Å². The van der Waals surface area contributed by atoms with Crippen LogP contribution in [0.2, 0.25) is 5.02 Å². The fourth-order valence-electron chi connectivity index (χ4n) is 2.39. The number of aliphatic hydroxyl groups excluding tert-OH is 2. The number of aliphatic hydroxyl groups is 2. The second kappa shape index (κ2) is 6.40. The molecule has 2 aromatic carbocycles. The summed E-state index contributed by atoms with van der Waals surface area (Å²) in [4.78, 5) is 0. The Hall–Kier alpha value is -1.35. The summed E-state index contributed by atoms with van der Waals surface area (Å²) in [5.41, 5.74) is 2.41. The molecule has 20 heavy (non-hydrogen) atoms. The van der Waals surface area contributed by atoms with Crippen molar-refractivity contribution in [2.75, 3.05) is 13.2 Å². The smallest absolute Gasteiger partial charge is 0.0553 e. The van der Waals surface area contributed by atoms with Crippen molar-refractivity contribution in [3.05, 3.63) is 70.2 Å². The summed E-state index contributed by atoms with van der Waals surface area (Å²) in [6.45, 7) is 1.79. The van der Waals surface area contributed by atoms with Gasteiger partial charge >= 0.3 is 0 Å². The van der Waals surface area contributed by atoms with E-state index in [4.69, 9.17) is 11.6 Å². The second-order valence-electron chi connectivity index (χ2n) is 5.27. The highest BCUT2D eigenvalue weighted by molar-refractivity contribution is 6.30. The summed E-state index contributed by atoms with van der Waals surface area (Å²) in [6.07, 6.45) is 0.545. The third kappa shape index (κ3) is 3.21. The van der Waals surface area contributed by atoms with E-state index < -0.39 is 5.41 Å². The van der Waals surface area contributed by atoms with Gasteiger partial charge in [0.2, 0.25) is 0 Å².